The van der Waals surface area contributed by atoms with Crippen molar-refractivity contribution in [3.63, 3.8) is 0 Å². The summed E-state index contributed by atoms with van der Waals surface area (Å²) in [6.45, 7) is 2.89. The van der Waals surface area contributed by atoms with Crippen molar-refractivity contribution in [2.75, 3.05) is 13.1 Å². The fourth-order valence-corrected chi connectivity index (χ4v) is 3.74. The van der Waals surface area contributed by atoms with Crippen LogP contribution in [0.4, 0.5) is 0 Å². The quantitative estimate of drug-likeness (QED) is 0.672. The Labute approximate surface area is 166 Å². The van der Waals surface area contributed by atoms with E-state index in [4.69, 9.17) is 4.42 Å². The van der Waals surface area contributed by atoms with Crippen LogP contribution in [0.15, 0.2) is 77.2 Å². The number of nitrogens with zero attached hydrogens (tertiary/aromatic N) is 1. The molecule has 0 radical (unpaired) electrons. The molecule has 1 fully saturated rings. The molecule has 1 aliphatic heterocycles. The summed E-state index contributed by atoms with van der Waals surface area (Å²) in [4.78, 5) is 14.7. The Bertz CT molecular complexity index is 889. The maximum absolute atomic E-state index is 12.3. The topological polar surface area (TPSA) is 45.5 Å². The second-order valence-corrected chi connectivity index (χ2v) is 7.41. The normalized spacial score (nSPS) is 16.9. The minimum Gasteiger partial charge on any atom is -0.461 e. The minimum absolute atomic E-state index is 0.101. The van der Waals surface area contributed by atoms with Crippen molar-refractivity contribution in [1.82, 2.24) is 10.2 Å². The zero-order valence-electron chi connectivity index (χ0n) is 16.0. The van der Waals surface area contributed by atoms with Crippen molar-refractivity contribution in [2.45, 2.75) is 31.8 Å². The summed E-state index contributed by atoms with van der Waals surface area (Å²) in [6.07, 6.45) is 2.09. The molecule has 1 saturated heterocycles. The van der Waals surface area contributed by atoms with Crippen LogP contribution < -0.4 is 5.32 Å². The van der Waals surface area contributed by atoms with Crippen LogP contribution in [0.5, 0.6) is 0 Å². The van der Waals surface area contributed by atoms with Gasteiger partial charge in [-0.1, -0.05) is 60.7 Å². The molecule has 1 amide bonds. The Morgan fingerprint density at radius 3 is 2.54 bits per heavy atom. The van der Waals surface area contributed by atoms with Gasteiger partial charge in [0, 0.05) is 44.1 Å². The van der Waals surface area contributed by atoms with Gasteiger partial charge in [0.05, 0.1) is 0 Å². The predicted octanol–water partition coefficient (Wildman–Crippen LogP) is 4.27. The van der Waals surface area contributed by atoms with Crippen LogP contribution >= 0.6 is 0 Å². The van der Waals surface area contributed by atoms with Gasteiger partial charge in [-0.3, -0.25) is 9.69 Å². The molecule has 1 unspecified atom stereocenters. The van der Waals surface area contributed by atoms with Crippen LogP contribution in [0.2, 0.25) is 0 Å². The van der Waals surface area contributed by atoms with Crippen LogP contribution in [0.3, 0.4) is 0 Å². The van der Waals surface area contributed by atoms with Crippen molar-refractivity contribution in [3.05, 3.63) is 84.1 Å². The first kappa shape index (κ1) is 18.5. The Morgan fingerprint density at radius 1 is 1.00 bits per heavy atom. The van der Waals surface area contributed by atoms with Gasteiger partial charge in [-0.05, 0) is 24.1 Å². The molecular weight excluding hydrogens is 348 g/mol. The van der Waals surface area contributed by atoms with E-state index in [2.05, 4.69) is 34.5 Å². The molecule has 4 nitrogen and oxygen atoms in total. The Balaban J connectivity index is 1.22. The highest BCUT2D eigenvalue weighted by Crippen LogP contribution is 2.22. The van der Waals surface area contributed by atoms with Gasteiger partial charge in [0.25, 0.3) is 0 Å². The van der Waals surface area contributed by atoms with E-state index in [0.29, 0.717) is 12.8 Å². The molecule has 0 spiro atoms. The molecule has 2 heterocycles. The van der Waals surface area contributed by atoms with Crippen molar-refractivity contribution >= 4 is 5.91 Å². The van der Waals surface area contributed by atoms with E-state index < -0.39 is 0 Å². The zero-order valence-corrected chi connectivity index (χ0v) is 16.0. The lowest BCUT2D eigenvalue weighted by atomic mass is 10.2. The van der Waals surface area contributed by atoms with E-state index in [0.717, 1.165) is 43.1 Å². The maximum atomic E-state index is 12.3. The molecule has 28 heavy (non-hydrogen) atoms. The number of furan rings is 1. The fourth-order valence-electron chi connectivity index (χ4n) is 3.74. The number of nitrogens with one attached hydrogen (secondary N) is 1. The van der Waals surface area contributed by atoms with Gasteiger partial charge in [0.15, 0.2) is 0 Å². The Hall–Kier alpha value is -2.85. The molecule has 1 N–H and O–H groups in total. The monoisotopic (exact) mass is 374 g/mol. The van der Waals surface area contributed by atoms with Crippen LogP contribution in [0, 0.1) is 0 Å². The standard InChI is InChI=1S/C24H26N2O2/c27-24(14-12-22-11-13-23(28-22)20-9-5-2-6-10-20)25-21-15-16-26(18-21)17-19-7-3-1-4-8-19/h1-11,13,21H,12,14-18H2,(H,25,27). The number of carbonyl (C=O) groups is 1. The number of hydrogen-bond donors (Lipinski definition) is 1. The van der Waals surface area contributed by atoms with Gasteiger partial charge in [-0.2, -0.15) is 0 Å². The highest BCUT2D eigenvalue weighted by molar-refractivity contribution is 5.76. The molecule has 0 aliphatic carbocycles. The molecule has 0 saturated carbocycles. The van der Waals surface area contributed by atoms with Crippen molar-refractivity contribution < 1.29 is 9.21 Å². The third kappa shape index (κ3) is 4.90. The first-order valence-corrected chi connectivity index (χ1v) is 9.96. The smallest absolute Gasteiger partial charge is 0.220 e. The summed E-state index contributed by atoms with van der Waals surface area (Å²) in [5.41, 5.74) is 2.38. The van der Waals surface area contributed by atoms with E-state index in [1.165, 1.54) is 5.56 Å². The zero-order chi connectivity index (χ0) is 19.2. The number of likely N-dealkylation sites (tertiary alicyclic amines) is 1. The van der Waals surface area contributed by atoms with Crippen molar-refractivity contribution in [3.8, 4) is 11.3 Å². The molecule has 2 aromatic carbocycles. The maximum Gasteiger partial charge on any atom is 0.220 e. The second-order valence-electron chi connectivity index (χ2n) is 7.41. The SMILES string of the molecule is O=C(CCc1ccc(-c2ccccc2)o1)NC1CCN(Cc2ccccc2)C1. The minimum atomic E-state index is 0.101. The second kappa shape index (κ2) is 8.89. The lowest BCUT2D eigenvalue weighted by Gasteiger charge is -2.16. The summed E-state index contributed by atoms with van der Waals surface area (Å²) in [7, 11) is 0. The molecule has 3 aromatic rings. The van der Waals surface area contributed by atoms with Crippen LogP contribution in [0.1, 0.15) is 24.2 Å². The number of amides is 1. The molecule has 1 atom stereocenters. The number of aryl methyl sites for hydroxylation is 1. The number of benzene rings is 2. The molecule has 1 aromatic heterocycles. The van der Waals surface area contributed by atoms with Crippen LogP contribution in [0.25, 0.3) is 11.3 Å². The van der Waals surface area contributed by atoms with E-state index in [-0.39, 0.29) is 11.9 Å². The number of carbonyl (C=O) groups excluding carboxylic acids is 1. The van der Waals surface area contributed by atoms with E-state index in [9.17, 15) is 4.79 Å². The Kier molecular flexibility index (Phi) is 5.88. The lowest BCUT2D eigenvalue weighted by molar-refractivity contribution is -0.121. The third-order valence-electron chi connectivity index (χ3n) is 5.20. The summed E-state index contributed by atoms with van der Waals surface area (Å²) in [5.74, 6) is 1.80. The van der Waals surface area contributed by atoms with Gasteiger partial charge in [0.1, 0.15) is 11.5 Å². The average Bonchev–Trinajstić information content (AvgIpc) is 3.38. The van der Waals surface area contributed by atoms with Gasteiger partial charge >= 0.3 is 0 Å². The van der Waals surface area contributed by atoms with Crippen molar-refractivity contribution in [1.29, 1.82) is 0 Å². The average molecular weight is 374 g/mol. The Morgan fingerprint density at radius 2 is 1.75 bits per heavy atom. The largest absolute Gasteiger partial charge is 0.461 e. The highest BCUT2D eigenvalue weighted by Gasteiger charge is 2.23. The molecule has 4 heteroatoms. The number of hydrogen-bond acceptors (Lipinski definition) is 3. The van der Waals surface area contributed by atoms with E-state index in [1.54, 1.807) is 0 Å². The molecule has 144 valence electrons. The third-order valence-corrected chi connectivity index (χ3v) is 5.20. The van der Waals surface area contributed by atoms with Gasteiger partial charge in [0.2, 0.25) is 5.91 Å². The van der Waals surface area contributed by atoms with Crippen LogP contribution in [-0.2, 0) is 17.8 Å². The highest BCUT2D eigenvalue weighted by atomic mass is 16.3. The molecule has 1 aliphatic rings. The summed E-state index contributed by atoms with van der Waals surface area (Å²) in [6, 6.07) is 24.7. The summed E-state index contributed by atoms with van der Waals surface area (Å²) >= 11 is 0. The molecular formula is C24H26N2O2. The van der Waals surface area contributed by atoms with Crippen molar-refractivity contribution in [2.24, 2.45) is 0 Å². The first-order chi connectivity index (χ1) is 13.8. The predicted molar refractivity (Wildman–Crippen MR) is 111 cm³/mol. The molecule has 4 rings (SSSR count). The van der Waals surface area contributed by atoms with Gasteiger partial charge in [-0.15, -0.1) is 0 Å². The van der Waals surface area contributed by atoms with Gasteiger partial charge in [-0.25, -0.2) is 0 Å². The number of rotatable bonds is 7. The van der Waals surface area contributed by atoms with Crippen LogP contribution in [-0.4, -0.2) is 29.9 Å². The lowest BCUT2D eigenvalue weighted by Crippen LogP contribution is -2.37. The fraction of sp³-hybridized carbons (Fsp3) is 0.292. The summed E-state index contributed by atoms with van der Waals surface area (Å²) in [5, 5.41) is 3.18. The first-order valence-electron chi connectivity index (χ1n) is 9.96. The van der Waals surface area contributed by atoms with Gasteiger partial charge < -0.3 is 9.73 Å². The summed E-state index contributed by atoms with van der Waals surface area (Å²) < 4.78 is 5.89. The molecule has 0 bridgehead atoms. The van der Waals surface area contributed by atoms with E-state index in [1.807, 2.05) is 48.5 Å². The van der Waals surface area contributed by atoms with E-state index >= 15 is 0 Å².